The van der Waals surface area contributed by atoms with Gasteiger partial charge in [0.25, 0.3) is 5.91 Å². The fraction of sp³-hybridized carbons (Fsp3) is 0.250. The maximum atomic E-state index is 12.9. The predicted molar refractivity (Wildman–Crippen MR) is 103 cm³/mol. The molecule has 0 fully saturated rings. The molecule has 138 valence electrons. The van der Waals surface area contributed by atoms with Crippen LogP contribution in [0, 0.1) is 17.2 Å². The molecule has 6 nitrogen and oxygen atoms in total. The molecule has 0 N–H and O–H groups in total. The van der Waals surface area contributed by atoms with Crippen LogP contribution in [0.2, 0.25) is 5.02 Å². The molecule has 0 spiro atoms. The number of halogens is 1. The number of furan rings is 1. The third kappa shape index (κ3) is 4.04. The number of rotatable bonds is 6. The summed E-state index contributed by atoms with van der Waals surface area (Å²) in [6, 6.07) is 14.6. The van der Waals surface area contributed by atoms with Gasteiger partial charge >= 0.3 is 0 Å². The molecule has 2 aromatic heterocycles. The van der Waals surface area contributed by atoms with Crippen molar-refractivity contribution in [1.82, 2.24) is 14.7 Å². The summed E-state index contributed by atoms with van der Waals surface area (Å²) in [4.78, 5) is 14.6. The van der Waals surface area contributed by atoms with Crippen molar-refractivity contribution in [2.45, 2.75) is 13.8 Å². The van der Waals surface area contributed by atoms with Gasteiger partial charge in [-0.05, 0) is 50.2 Å². The Morgan fingerprint density at radius 3 is 2.70 bits per heavy atom. The summed E-state index contributed by atoms with van der Waals surface area (Å²) in [5.41, 5.74) is 1.72. The Kier molecular flexibility index (Phi) is 5.63. The van der Waals surface area contributed by atoms with Gasteiger partial charge in [0.05, 0.1) is 23.9 Å². The lowest BCUT2D eigenvalue weighted by molar-refractivity contribution is 0.0746. The van der Waals surface area contributed by atoms with Crippen LogP contribution in [0.15, 0.2) is 53.1 Å². The van der Waals surface area contributed by atoms with Crippen LogP contribution >= 0.6 is 11.6 Å². The molecule has 2 heterocycles. The Morgan fingerprint density at radius 1 is 1.37 bits per heavy atom. The van der Waals surface area contributed by atoms with Crippen molar-refractivity contribution in [3.05, 3.63) is 59.4 Å². The molecule has 27 heavy (non-hydrogen) atoms. The van der Waals surface area contributed by atoms with E-state index in [1.165, 1.54) is 0 Å². The third-order valence-electron chi connectivity index (χ3n) is 4.16. The summed E-state index contributed by atoms with van der Waals surface area (Å²) in [7, 11) is 0. The summed E-state index contributed by atoms with van der Waals surface area (Å²) in [6.07, 6.45) is 1.57. The topological polar surface area (TPSA) is 75.1 Å². The van der Waals surface area contributed by atoms with E-state index in [1.54, 1.807) is 47.0 Å². The lowest BCUT2D eigenvalue weighted by Gasteiger charge is -2.20. The molecule has 0 bridgehead atoms. The Balaban J connectivity index is 2.02. The molecule has 3 aromatic rings. The zero-order valence-corrected chi connectivity index (χ0v) is 15.8. The summed E-state index contributed by atoms with van der Waals surface area (Å²) in [6.45, 7) is 4.52. The van der Waals surface area contributed by atoms with Crippen LogP contribution in [0.3, 0.4) is 0 Å². The molecule has 1 amide bonds. The second kappa shape index (κ2) is 8.11. The molecule has 0 radical (unpaired) electrons. The molecule has 1 atom stereocenters. The second-order valence-electron chi connectivity index (χ2n) is 6.15. The van der Waals surface area contributed by atoms with Crippen molar-refractivity contribution < 1.29 is 9.21 Å². The van der Waals surface area contributed by atoms with Crippen molar-refractivity contribution in [2.75, 3.05) is 13.1 Å². The van der Waals surface area contributed by atoms with Gasteiger partial charge in [0.2, 0.25) is 0 Å². The maximum absolute atomic E-state index is 12.9. The Morgan fingerprint density at radius 2 is 2.11 bits per heavy atom. The Hall–Kier alpha value is -3.04. The minimum absolute atomic E-state index is 0.222. The molecule has 1 unspecified atom stereocenters. The summed E-state index contributed by atoms with van der Waals surface area (Å²) in [5, 5.41) is 14.2. The van der Waals surface area contributed by atoms with E-state index < -0.39 is 0 Å². The van der Waals surface area contributed by atoms with Crippen LogP contribution in [-0.2, 0) is 0 Å². The zero-order valence-electron chi connectivity index (χ0n) is 15.1. The first-order valence-electron chi connectivity index (χ1n) is 8.62. The fourth-order valence-corrected chi connectivity index (χ4v) is 2.88. The SMILES string of the molecule is CCN(CC(C)C#N)C(=O)c1cc(-c2ccco2)n(-c2ccc(Cl)cc2)n1. The number of amides is 1. The van der Waals surface area contributed by atoms with Crippen molar-refractivity contribution in [3.8, 4) is 23.2 Å². The lowest BCUT2D eigenvalue weighted by Crippen LogP contribution is -2.34. The van der Waals surface area contributed by atoms with E-state index in [9.17, 15) is 4.79 Å². The fourth-order valence-electron chi connectivity index (χ4n) is 2.75. The van der Waals surface area contributed by atoms with E-state index in [0.717, 1.165) is 5.69 Å². The Bertz CT molecular complexity index is 955. The number of hydrogen-bond donors (Lipinski definition) is 0. The first-order valence-corrected chi connectivity index (χ1v) is 9.00. The Labute approximate surface area is 162 Å². The van der Waals surface area contributed by atoms with E-state index >= 15 is 0 Å². The number of hydrogen-bond acceptors (Lipinski definition) is 4. The highest BCUT2D eigenvalue weighted by atomic mass is 35.5. The van der Waals surface area contributed by atoms with Crippen molar-refractivity contribution >= 4 is 17.5 Å². The van der Waals surface area contributed by atoms with E-state index in [-0.39, 0.29) is 11.8 Å². The normalized spacial score (nSPS) is 11.8. The molecule has 7 heteroatoms. The number of carbonyl (C=O) groups is 1. The monoisotopic (exact) mass is 382 g/mol. The predicted octanol–water partition coefficient (Wildman–Crippen LogP) is 4.41. The quantitative estimate of drug-likeness (QED) is 0.632. The summed E-state index contributed by atoms with van der Waals surface area (Å²) in [5.74, 6) is 0.127. The van der Waals surface area contributed by atoms with Gasteiger partial charge < -0.3 is 9.32 Å². The summed E-state index contributed by atoms with van der Waals surface area (Å²) < 4.78 is 7.17. The minimum atomic E-state index is -0.253. The number of carbonyl (C=O) groups excluding carboxylic acids is 1. The van der Waals surface area contributed by atoms with Crippen LogP contribution in [0.25, 0.3) is 17.1 Å². The van der Waals surface area contributed by atoms with Crippen molar-refractivity contribution in [3.63, 3.8) is 0 Å². The van der Waals surface area contributed by atoms with Crippen LogP contribution in [0.5, 0.6) is 0 Å². The molecule has 1 aromatic carbocycles. The van der Waals surface area contributed by atoms with Crippen molar-refractivity contribution in [2.24, 2.45) is 5.92 Å². The highest BCUT2D eigenvalue weighted by Crippen LogP contribution is 2.26. The molecular weight excluding hydrogens is 364 g/mol. The largest absolute Gasteiger partial charge is 0.463 e. The van der Waals surface area contributed by atoms with Crippen LogP contribution in [0.4, 0.5) is 0 Å². The highest BCUT2D eigenvalue weighted by molar-refractivity contribution is 6.30. The van der Waals surface area contributed by atoms with Gasteiger partial charge in [-0.1, -0.05) is 11.6 Å². The van der Waals surface area contributed by atoms with Crippen LogP contribution in [0.1, 0.15) is 24.3 Å². The average Bonchev–Trinajstić information content (AvgIpc) is 3.35. The van der Waals surface area contributed by atoms with Gasteiger partial charge in [0.15, 0.2) is 11.5 Å². The molecule has 0 saturated heterocycles. The summed E-state index contributed by atoms with van der Waals surface area (Å²) >= 11 is 5.98. The highest BCUT2D eigenvalue weighted by Gasteiger charge is 2.23. The first kappa shape index (κ1) is 18.7. The van der Waals surface area contributed by atoms with Crippen LogP contribution < -0.4 is 0 Å². The van der Waals surface area contributed by atoms with Crippen LogP contribution in [-0.4, -0.2) is 33.7 Å². The van der Waals surface area contributed by atoms with E-state index in [4.69, 9.17) is 21.3 Å². The van der Waals surface area contributed by atoms with Crippen molar-refractivity contribution in [1.29, 1.82) is 5.26 Å². The molecule has 0 aliphatic carbocycles. The van der Waals surface area contributed by atoms with Gasteiger partial charge in [-0.2, -0.15) is 10.4 Å². The number of nitriles is 1. The standard InChI is InChI=1S/C20H19ClN4O2/c1-3-24(13-14(2)12-22)20(26)17-11-18(19-5-4-10-27-19)25(23-17)16-8-6-15(21)7-9-16/h4-11,14H,3,13H2,1-2H3. The lowest BCUT2D eigenvalue weighted by atomic mass is 10.2. The molecular formula is C20H19ClN4O2. The van der Waals surface area contributed by atoms with Gasteiger partial charge in [-0.3, -0.25) is 4.79 Å². The average molecular weight is 383 g/mol. The van der Waals surface area contributed by atoms with E-state index in [0.29, 0.717) is 35.3 Å². The molecule has 0 aliphatic rings. The van der Waals surface area contributed by atoms with E-state index in [2.05, 4.69) is 11.2 Å². The molecule has 3 rings (SSSR count). The minimum Gasteiger partial charge on any atom is -0.463 e. The second-order valence-corrected chi connectivity index (χ2v) is 6.59. The van der Waals surface area contributed by atoms with Gasteiger partial charge in [-0.25, -0.2) is 4.68 Å². The van der Waals surface area contributed by atoms with Gasteiger partial charge in [0, 0.05) is 24.2 Å². The van der Waals surface area contributed by atoms with Gasteiger partial charge in [0.1, 0.15) is 5.69 Å². The van der Waals surface area contributed by atoms with E-state index in [1.807, 2.05) is 25.1 Å². The zero-order chi connectivity index (χ0) is 19.4. The van der Waals surface area contributed by atoms with Gasteiger partial charge in [-0.15, -0.1) is 0 Å². The first-order chi connectivity index (χ1) is 13.0. The smallest absolute Gasteiger partial charge is 0.274 e. The maximum Gasteiger partial charge on any atom is 0.274 e. The number of nitrogens with zero attached hydrogens (tertiary/aromatic N) is 4. The molecule has 0 aliphatic heterocycles. The third-order valence-corrected chi connectivity index (χ3v) is 4.41. The number of aromatic nitrogens is 2. The number of benzene rings is 1. The molecule has 0 saturated carbocycles.